The van der Waals surface area contributed by atoms with Gasteiger partial charge in [-0.2, -0.15) is 0 Å². The van der Waals surface area contributed by atoms with Crippen molar-refractivity contribution in [3.05, 3.63) is 75.5 Å². The minimum Gasteiger partial charge on any atom is -0.486 e. The summed E-state index contributed by atoms with van der Waals surface area (Å²) in [5.41, 5.74) is 4.08. The van der Waals surface area contributed by atoms with Gasteiger partial charge in [-0.05, 0) is 80.9 Å². The van der Waals surface area contributed by atoms with Gasteiger partial charge in [0.1, 0.15) is 23.2 Å². The fourth-order valence-electron chi connectivity index (χ4n) is 3.06. The first-order valence-corrected chi connectivity index (χ1v) is 11.6. The molecule has 1 N–H and O–H groups in total. The van der Waals surface area contributed by atoms with Crippen molar-refractivity contribution in [2.24, 2.45) is 0 Å². The summed E-state index contributed by atoms with van der Waals surface area (Å²) in [6.45, 7) is 9.45. The molecule has 0 aliphatic heterocycles. The number of ether oxygens (including phenoxy) is 1. The first-order valence-electron chi connectivity index (χ1n) is 10.3. The average molecular weight is 458 g/mol. The fourth-order valence-corrected chi connectivity index (χ4v) is 4.12. The molecular weight excluding hydrogens is 429 g/mol. The van der Waals surface area contributed by atoms with Gasteiger partial charge in [0, 0.05) is 17.1 Å². The number of thiazole rings is 1. The quantitative estimate of drug-likeness (QED) is 0.392. The van der Waals surface area contributed by atoms with E-state index in [0.29, 0.717) is 18.3 Å². The van der Waals surface area contributed by atoms with Gasteiger partial charge in [0.2, 0.25) is 0 Å². The van der Waals surface area contributed by atoms with E-state index in [-0.39, 0.29) is 11.9 Å². The van der Waals surface area contributed by atoms with Crippen LogP contribution < -0.4 is 10.1 Å². The van der Waals surface area contributed by atoms with Gasteiger partial charge >= 0.3 is 0 Å². The molecule has 1 unspecified atom stereocenters. The predicted molar refractivity (Wildman–Crippen MR) is 130 cm³/mol. The van der Waals surface area contributed by atoms with Gasteiger partial charge in [0.05, 0.1) is 12.2 Å². The van der Waals surface area contributed by atoms with E-state index in [0.717, 1.165) is 34.1 Å². The summed E-state index contributed by atoms with van der Waals surface area (Å²) in [6.07, 6.45) is 0.942. The smallest absolute Gasteiger partial charge is 0.174 e. The van der Waals surface area contributed by atoms with Crippen LogP contribution in [0.1, 0.15) is 42.1 Å². The van der Waals surface area contributed by atoms with Crippen molar-refractivity contribution < 1.29 is 9.13 Å². The number of halogens is 1. The molecule has 1 atom stereocenters. The Hall–Kier alpha value is -2.51. The maximum Gasteiger partial charge on any atom is 0.174 e. The summed E-state index contributed by atoms with van der Waals surface area (Å²) in [6, 6.07) is 12.5. The summed E-state index contributed by atoms with van der Waals surface area (Å²) in [4.78, 5) is 6.86. The monoisotopic (exact) mass is 457 g/mol. The van der Waals surface area contributed by atoms with E-state index in [1.165, 1.54) is 17.7 Å². The molecule has 1 heterocycles. The molecule has 0 aliphatic carbocycles. The van der Waals surface area contributed by atoms with Crippen LogP contribution in [0.2, 0.25) is 0 Å². The molecule has 164 valence electrons. The highest BCUT2D eigenvalue weighted by atomic mass is 32.1. The summed E-state index contributed by atoms with van der Waals surface area (Å²) in [5.74, 6) is 0.621. The van der Waals surface area contributed by atoms with E-state index >= 15 is 0 Å². The van der Waals surface area contributed by atoms with Gasteiger partial charge in [-0.3, -0.25) is 0 Å². The highest BCUT2D eigenvalue weighted by molar-refractivity contribution is 7.80. The maximum absolute atomic E-state index is 13.2. The molecule has 0 amide bonds. The Labute approximate surface area is 193 Å². The summed E-state index contributed by atoms with van der Waals surface area (Å²) >= 11 is 7.24. The van der Waals surface area contributed by atoms with Crippen molar-refractivity contribution >= 4 is 34.4 Å². The molecule has 0 aliphatic rings. The number of benzene rings is 2. The average Bonchev–Trinajstić information content (AvgIpc) is 3.21. The topological polar surface area (TPSA) is 37.4 Å². The third-order valence-corrected chi connectivity index (χ3v) is 6.52. The molecule has 0 bridgehead atoms. The minimum atomic E-state index is -0.270. The Morgan fingerprint density at radius 1 is 1.23 bits per heavy atom. The minimum absolute atomic E-state index is 0.233. The van der Waals surface area contributed by atoms with E-state index in [4.69, 9.17) is 21.9 Å². The molecule has 0 spiro atoms. The van der Waals surface area contributed by atoms with Crippen LogP contribution in [0.15, 0.2) is 47.8 Å². The number of nitrogens with zero attached hydrogens (tertiary/aromatic N) is 2. The molecule has 2 aromatic carbocycles. The van der Waals surface area contributed by atoms with Crippen molar-refractivity contribution in [2.75, 3.05) is 5.32 Å². The molecule has 1 aromatic heterocycles. The summed E-state index contributed by atoms with van der Waals surface area (Å²) < 4.78 is 19.2. The Morgan fingerprint density at radius 3 is 2.68 bits per heavy atom. The van der Waals surface area contributed by atoms with Crippen LogP contribution in [0.5, 0.6) is 5.75 Å². The van der Waals surface area contributed by atoms with Crippen LogP contribution in [-0.4, -0.2) is 21.0 Å². The molecular formula is C24H28FN3OS2. The zero-order chi connectivity index (χ0) is 22.4. The van der Waals surface area contributed by atoms with Gasteiger partial charge in [-0.25, -0.2) is 9.37 Å². The molecule has 0 saturated heterocycles. The molecule has 0 fully saturated rings. The number of anilines is 1. The van der Waals surface area contributed by atoms with Crippen molar-refractivity contribution in [1.82, 2.24) is 9.88 Å². The normalized spacial score (nSPS) is 11.8. The van der Waals surface area contributed by atoms with Crippen LogP contribution in [-0.2, 0) is 13.2 Å². The lowest BCUT2D eigenvalue weighted by molar-refractivity contribution is 0.300. The first kappa shape index (κ1) is 23.2. The predicted octanol–water partition coefficient (Wildman–Crippen LogP) is 6.48. The molecule has 7 heteroatoms. The van der Waals surface area contributed by atoms with Crippen molar-refractivity contribution in [3.63, 3.8) is 0 Å². The van der Waals surface area contributed by atoms with Crippen LogP contribution >= 0.6 is 23.6 Å². The van der Waals surface area contributed by atoms with Gasteiger partial charge in [0.15, 0.2) is 5.11 Å². The van der Waals surface area contributed by atoms with Crippen molar-refractivity contribution in [3.8, 4) is 5.75 Å². The largest absolute Gasteiger partial charge is 0.486 e. The highest BCUT2D eigenvalue weighted by Gasteiger charge is 2.18. The molecule has 3 aromatic rings. The van der Waals surface area contributed by atoms with Gasteiger partial charge < -0.3 is 15.0 Å². The maximum atomic E-state index is 13.2. The first-order chi connectivity index (χ1) is 14.9. The second-order valence-electron chi connectivity index (χ2n) is 7.54. The summed E-state index contributed by atoms with van der Waals surface area (Å²) in [5, 5.41) is 6.79. The third-order valence-electron chi connectivity index (χ3n) is 5.32. The van der Waals surface area contributed by atoms with Gasteiger partial charge in [-0.15, -0.1) is 11.3 Å². The number of hydrogen-bond donors (Lipinski definition) is 1. The van der Waals surface area contributed by atoms with Crippen LogP contribution in [0.25, 0.3) is 0 Å². The lowest BCUT2D eigenvalue weighted by Gasteiger charge is -2.30. The van der Waals surface area contributed by atoms with E-state index < -0.39 is 0 Å². The zero-order valence-corrected chi connectivity index (χ0v) is 19.9. The number of hydrogen-bond acceptors (Lipinski definition) is 4. The van der Waals surface area contributed by atoms with E-state index in [9.17, 15) is 4.39 Å². The second-order valence-corrected chi connectivity index (χ2v) is 8.87. The lowest BCUT2D eigenvalue weighted by Crippen LogP contribution is -2.40. The SMILES string of the molecule is CCC(C)N(Cc1csc(COc2cccc(C)c2C)n1)C(=S)Nc1ccc(F)cc1. The van der Waals surface area contributed by atoms with Crippen molar-refractivity contribution in [2.45, 2.75) is 53.3 Å². The van der Waals surface area contributed by atoms with Crippen LogP contribution in [0.3, 0.4) is 0 Å². The Morgan fingerprint density at radius 2 is 1.97 bits per heavy atom. The standard InChI is InChI=1S/C24H28FN3OS2/c1-5-17(3)28(24(30)27-20-11-9-19(25)10-12-20)13-21-15-31-23(26-21)14-29-22-8-6-7-16(2)18(22)4/h6-12,15,17H,5,13-14H2,1-4H3,(H,27,30). The molecule has 3 rings (SSSR count). The van der Waals surface area contributed by atoms with E-state index in [1.807, 2.05) is 12.1 Å². The summed E-state index contributed by atoms with van der Waals surface area (Å²) in [7, 11) is 0. The second kappa shape index (κ2) is 10.7. The molecule has 0 saturated carbocycles. The third kappa shape index (κ3) is 6.24. The van der Waals surface area contributed by atoms with Gasteiger partial charge in [-0.1, -0.05) is 19.1 Å². The van der Waals surface area contributed by atoms with E-state index in [1.54, 1.807) is 23.5 Å². The van der Waals surface area contributed by atoms with E-state index in [2.05, 4.69) is 49.4 Å². The molecule has 0 radical (unpaired) electrons. The Kier molecular flexibility index (Phi) is 7.98. The fraction of sp³-hybridized carbons (Fsp3) is 0.333. The van der Waals surface area contributed by atoms with Crippen LogP contribution in [0.4, 0.5) is 10.1 Å². The number of nitrogens with one attached hydrogen (secondary N) is 1. The number of aromatic nitrogens is 1. The Bertz CT molecular complexity index is 1020. The lowest BCUT2D eigenvalue weighted by atomic mass is 10.1. The zero-order valence-electron chi connectivity index (χ0n) is 18.3. The van der Waals surface area contributed by atoms with Crippen molar-refractivity contribution in [1.29, 1.82) is 0 Å². The van der Waals surface area contributed by atoms with Gasteiger partial charge in [0.25, 0.3) is 0 Å². The number of rotatable bonds is 8. The molecule has 4 nitrogen and oxygen atoms in total. The number of aryl methyl sites for hydroxylation is 1. The highest BCUT2D eigenvalue weighted by Crippen LogP contribution is 2.23. The molecule has 31 heavy (non-hydrogen) atoms. The van der Waals surface area contributed by atoms with Crippen LogP contribution in [0, 0.1) is 19.7 Å². The Balaban J connectivity index is 1.65. The number of thiocarbonyl (C=S) groups is 1.